The number of carbonyl (C=O) groups excluding carboxylic acids is 1. The van der Waals surface area contributed by atoms with Crippen LogP contribution in [0.1, 0.15) is 35.5 Å². The molecule has 1 fully saturated rings. The van der Waals surface area contributed by atoms with E-state index < -0.39 is 0 Å². The van der Waals surface area contributed by atoms with Gasteiger partial charge in [-0.15, -0.1) is 0 Å². The second kappa shape index (κ2) is 6.11. The third kappa shape index (κ3) is 2.79. The summed E-state index contributed by atoms with van der Waals surface area (Å²) in [5.74, 6) is 2.35. The number of benzene rings is 1. The largest absolute Gasteiger partial charge is 0.487 e. The fraction of sp³-hybridized carbons (Fsp3) is 0.389. The summed E-state index contributed by atoms with van der Waals surface area (Å²) in [5.41, 5.74) is 3.01. The minimum Gasteiger partial charge on any atom is -0.487 e. The molecule has 0 aliphatic carbocycles. The Balaban J connectivity index is 1.71. The summed E-state index contributed by atoms with van der Waals surface area (Å²) in [7, 11) is 0. The van der Waals surface area contributed by atoms with Gasteiger partial charge in [0.05, 0.1) is 5.69 Å². The fourth-order valence-corrected chi connectivity index (χ4v) is 3.28. The minimum absolute atomic E-state index is 0.0385. The van der Waals surface area contributed by atoms with Crippen molar-refractivity contribution in [3.63, 3.8) is 0 Å². The summed E-state index contributed by atoms with van der Waals surface area (Å²) >= 11 is 0. The van der Waals surface area contributed by atoms with Gasteiger partial charge in [0, 0.05) is 18.5 Å². The maximum atomic E-state index is 12.1. The lowest BCUT2D eigenvalue weighted by Gasteiger charge is -2.24. The molecule has 0 bridgehead atoms. The molecule has 24 heavy (non-hydrogen) atoms. The van der Waals surface area contributed by atoms with E-state index in [-0.39, 0.29) is 11.9 Å². The summed E-state index contributed by atoms with van der Waals surface area (Å²) in [6, 6.07) is 7.77. The molecule has 1 aromatic carbocycles. The summed E-state index contributed by atoms with van der Waals surface area (Å²) in [6.07, 6.45) is 2.49. The molecule has 1 saturated heterocycles. The molecule has 0 spiro atoms. The van der Waals surface area contributed by atoms with Crippen LogP contribution in [0.15, 0.2) is 24.3 Å². The molecule has 1 atom stereocenters. The van der Waals surface area contributed by atoms with Gasteiger partial charge in [-0.1, -0.05) is 18.2 Å². The number of nitrogens with zero attached hydrogens (tertiary/aromatic N) is 2. The summed E-state index contributed by atoms with van der Waals surface area (Å²) in [4.78, 5) is 21.2. The van der Waals surface area contributed by atoms with Crippen LogP contribution >= 0.6 is 0 Å². The third-order valence-corrected chi connectivity index (χ3v) is 4.51. The van der Waals surface area contributed by atoms with Crippen LogP contribution in [-0.4, -0.2) is 28.5 Å². The highest BCUT2D eigenvalue weighted by atomic mass is 16.5. The van der Waals surface area contributed by atoms with Crippen LogP contribution in [0.3, 0.4) is 0 Å². The van der Waals surface area contributed by atoms with Crippen LogP contribution < -0.4 is 15.4 Å². The van der Waals surface area contributed by atoms with Gasteiger partial charge in [0.1, 0.15) is 30.0 Å². The SMILES string of the molecule is Cc1nc2c(c(NC3CCCNC3=O)n1)Cc1ccccc1OC2. The van der Waals surface area contributed by atoms with Crippen molar-refractivity contribution in [3.8, 4) is 5.75 Å². The Morgan fingerprint density at radius 1 is 1.29 bits per heavy atom. The minimum atomic E-state index is -0.239. The van der Waals surface area contributed by atoms with E-state index in [9.17, 15) is 4.79 Å². The van der Waals surface area contributed by atoms with Gasteiger partial charge < -0.3 is 15.4 Å². The molecule has 1 unspecified atom stereocenters. The Kier molecular flexibility index (Phi) is 3.80. The van der Waals surface area contributed by atoms with Crippen LogP contribution in [0, 0.1) is 6.92 Å². The normalized spacial score (nSPS) is 19.4. The maximum absolute atomic E-state index is 12.1. The second-order valence-corrected chi connectivity index (χ2v) is 6.25. The van der Waals surface area contributed by atoms with Crippen molar-refractivity contribution >= 4 is 11.7 Å². The van der Waals surface area contributed by atoms with E-state index in [1.165, 1.54) is 0 Å². The highest BCUT2D eigenvalue weighted by Gasteiger charge is 2.26. The molecule has 124 valence electrons. The van der Waals surface area contributed by atoms with E-state index in [2.05, 4.69) is 26.7 Å². The van der Waals surface area contributed by atoms with Gasteiger partial charge in [0.15, 0.2) is 0 Å². The molecule has 6 nitrogen and oxygen atoms in total. The lowest BCUT2D eigenvalue weighted by Crippen LogP contribution is -2.44. The van der Waals surface area contributed by atoms with Crippen LogP contribution in [0.25, 0.3) is 0 Å². The quantitative estimate of drug-likeness (QED) is 0.883. The second-order valence-electron chi connectivity index (χ2n) is 6.25. The van der Waals surface area contributed by atoms with Crippen molar-refractivity contribution in [2.75, 3.05) is 11.9 Å². The predicted octanol–water partition coefficient (Wildman–Crippen LogP) is 1.96. The van der Waals surface area contributed by atoms with Gasteiger partial charge in [0.25, 0.3) is 0 Å². The molecule has 2 aromatic rings. The molecule has 3 heterocycles. The van der Waals surface area contributed by atoms with Gasteiger partial charge >= 0.3 is 0 Å². The van der Waals surface area contributed by atoms with E-state index in [1.54, 1.807) is 0 Å². The maximum Gasteiger partial charge on any atom is 0.242 e. The molecule has 1 aromatic heterocycles. The summed E-state index contributed by atoms with van der Waals surface area (Å²) in [5, 5.41) is 6.24. The first kappa shape index (κ1) is 14.9. The number of aromatic nitrogens is 2. The molecule has 0 saturated carbocycles. The zero-order valence-corrected chi connectivity index (χ0v) is 13.6. The molecular weight excluding hydrogens is 304 g/mol. The van der Waals surface area contributed by atoms with E-state index in [4.69, 9.17) is 4.74 Å². The zero-order chi connectivity index (χ0) is 16.5. The highest BCUT2D eigenvalue weighted by Crippen LogP contribution is 2.31. The molecule has 2 N–H and O–H groups in total. The van der Waals surface area contributed by atoms with Crippen molar-refractivity contribution in [1.82, 2.24) is 15.3 Å². The number of fused-ring (bicyclic) bond motifs is 2. The summed E-state index contributed by atoms with van der Waals surface area (Å²) in [6.45, 7) is 3.03. The number of nitrogens with one attached hydrogen (secondary N) is 2. The number of ether oxygens (including phenoxy) is 1. The number of rotatable bonds is 2. The highest BCUT2D eigenvalue weighted by molar-refractivity contribution is 5.85. The van der Waals surface area contributed by atoms with E-state index in [1.807, 2.05) is 25.1 Å². The Morgan fingerprint density at radius 2 is 2.17 bits per heavy atom. The van der Waals surface area contributed by atoms with Crippen molar-refractivity contribution in [1.29, 1.82) is 0 Å². The number of hydrogen-bond donors (Lipinski definition) is 2. The predicted molar refractivity (Wildman–Crippen MR) is 90.0 cm³/mol. The van der Waals surface area contributed by atoms with Crippen molar-refractivity contribution < 1.29 is 9.53 Å². The van der Waals surface area contributed by atoms with Crippen LogP contribution in [0.2, 0.25) is 0 Å². The number of anilines is 1. The number of carbonyl (C=O) groups is 1. The lowest BCUT2D eigenvalue weighted by molar-refractivity contribution is -0.123. The molecule has 2 aliphatic heterocycles. The summed E-state index contributed by atoms with van der Waals surface area (Å²) < 4.78 is 5.90. The van der Waals surface area contributed by atoms with E-state index in [0.29, 0.717) is 18.9 Å². The first-order chi connectivity index (χ1) is 11.7. The Hall–Kier alpha value is -2.63. The Morgan fingerprint density at radius 3 is 3.04 bits per heavy atom. The molecular formula is C18H20N4O2. The monoisotopic (exact) mass is 324 g/mol. The zero-order valence-electron chi connectivity index (χ0n) is 13.6. The number of para-hydroxylation sites is 1. The number of piperidine rings is 1. The van der Waals surface area contributed by atoms with Crippen LogP contribution in [-0.2, 0) is 17.8 Å². The molecule has 0 radical (unpaired) electrons. The van der Waals surface area contributed by atoms with Crippen molar-refractivity contribution in [2.24, 2.45) is 0 Å². The first-order valence-electron chi connectivity index (χ1n) is 8.32. The van der Waals surface area contributed by atoms with Crippen LogP contribution in [0.4, 0.5) is 5.82 Å². The molecule has 4 rings (SSSR count). The van der Waals surface area contributed by atoms with Crippen molar-refractivity contribution in [3.05, 3.63) is 46.9 Å². The van der Waals surface area contributed by atoms with Gasteiger partial charge in [-0.2, -0.15) is 0 Å². The average Bonchev–Trinajstić information content (AvgIpc) is 2.76. The van der Waals surface area contributed by atoms with Gasteiger partial charge in [-0.25, -0.2) is 9.97 Å². The van der Waals surface area contributed by atoms with Gasteiger partial charge in [-0.05, 0) is 31.4 Å². The number of amides is 1. The van der Waals surface area contributed by atoms with Gasteiger partial charge in [0.2, 0.25) is 5.91 Å². The van der Waals surface area contributed by atoms with Crippen molar-refractivity contribution in [2.45, 2.75) is 38.8 Å². The standard InChI is InChI=1S/C18H20N4O2/c1-11-20-15-10-24-16-7-3-2-5-12(16)9-13(15)17(21-11)22-14-6-4-8-19-18(14)23/h2-3,5,7,14H,4,6,8-10H2,1H3,(H,19,23)(H,20,21,22). The Bertz CT molecular complexity index is 791. The lowest BCUT2D eigenvalue weighted by atomic mass is 10.0. The van der Waals surface area contributed by atoms with E-state index in [0.717, 1.165) is 47.8 Å². The smallest absolute Gasteiger partial charge is 0.242 e. The number of hydrogen-bond acceptors (Lipinski definition) is 5. The van der Waals surface area contributed by atoms with Crippen LogP contribution in [0.5, 0.6) is 5.75 Å². The first-order valence-corrected chi connectivity index (χ1v) is 8.32. The average molecular weight is 324 g/mol. The molecule has 1 amide bonds. The molecule has 2 aliphatic rings. The molecule has 6 heteroatoms. The third-order valence-electron chi connectivity index (χ3n) is 4.51. The fourth-order valence-electron chi connectivity index (χ4n) is 3.28. The van der Waals surface area contributed by atoms with Gasteiger partial charge in [-0.3, -0.25) is 4.79 Å². The number of aryl methyl sites for hydroxylation is 1. The van der Waals surface area contributed by atoms with E-state index >= 15 is 0 Å². The topological polar surface area (TPSA) is 76.1 Å². The Labute approximate surface area is 140 Å².